The number of anilines is 5. The first-order valence-corrected chi connectivity index (χ1v) is 15.4. The van der Waals surface area contributed by atoms with Gasteiger partial charge in [-0.3, -0.25) is 4.79 Å². The molecule has 4 N–H and O–H groups in total. The zero-order valence-electron chi connectivity index (χ0n) is 25.0. The molecule has 43 heavy (non-hydrogen) atoms. The SMILES string of the molecule is C=CCNC(=O)c1cnc(Nc2ccc(N3CCC4(CCN(C)CC4)CC3)cc2)nc1Nc1cccc(C2(O)CCC2)n1. The number of nitrogens with zero attached hydrogens (tertiary/aromatic N) is 5. The van der Waals surface area contributed by atoms with Crippen molar-refractivity contribution in [3.63, 3.8) is 0 Å². The van der Waals surface area contributed by atoms with Gasteiger partial charge in [-0.05, 0) is 107 Å². The molecule has 1 saturated carbocycles. The normalized spacial score (nSPS) is 19.3. The van der Waals surface area contributed by atoms with Gasteiger partial charge >= 0.3 is 0 Å². The van der Waals surface area contributed by atoms with Crippen LogP contribution in [-0.4, -0.2) is 70.6 Å². The van der Waals surface area contributed by atoms with Crippen LogP contribution in [0.5, 0.6) is 0 Å². The van der Waals surface area contributed by atoms with Gasteiger partial charge in [0.2, 0.25) is 5.95 Å². The summed E-state index contributed by atoms with van der Waals surface area (Å²) >= 11 is 0. The molecule has 1 spiro atoms. The van der Waals surface area contributed by atoms with Crippen molar-refractivity contribution in [2.75, 3.05) is 55.3 Å². The van der Waals surface area contributed by atoms with Crippen molar-refractivity contribution < 1.29 is 9.90 Å². The molecule has 3 aromatic rings. The molecule has 3 aliphatic rings. The Morgan fingerprint density at radius 1 is 0.977 bits per heavy atom. The number of nitrogens with one attached hydrogen (secondary N) is 3. The lowest BCUT2D eigenvalue weighted by molar-refractivity contribution is -0.0425. The van der Waals surface area contributed by atoms with E-state index in [1.165, 1.54) is 50.7 Å². The van der Waals surface area contributed by atoms with E-state index in [0.29, 0.717) is 48.1 Å². The fraction of sp³-hybridized carbons (Fsp3) is 0.455. The van der Waals surface area contributed by atoms with Crippen LogP contribution in [0.15, 0.2) is 61.3 Å². The maximum atomic E-state index is 12.9. The summed E-state index contributed by atoms with van der Waals surface area (Å²) in [7, 11) is 2.23. The lowest BCUT2D eigenvalue weighted by Crippen LogP contribution is -2.46. The van der Waals surface area contributed by atoms with Gasteiger partial charge in [0.15, 0.2) is 0 Å². The van der Waals surface area contributed by atoms with Crippen molar-refractivity contribution in [3.8, 4) is 0 Å². The molecule has 0 radical (unpaired) electrons. The first-order chi connectivity index (χ1) is 20.8. The van der Waals surface area contributed by atoms with E-state index in [0.717, 1.165) is 25.2 Å². The highest BCUT2D eigenvalue weighted by Gasteiger charge is 2.38. The summed E-state index contributed by atoms with van der Waals surface area (Å²) in [5.41, 5.74) is 2.61. The number of carbonyl (C=O) groups is 1. The molecule has 226 valence electrons. The van der Waals surface area contributed by atoms with Crippen molar-refractivity contribution in [1.82, 2.24) is 25.2 Å². The van der Waals surface area contributed by atoms with Gasteiger partial charge in [0, 0.05) is 37.2 Å². The number of rotatable bonds is 9. The molecular formula is C33H42N8O2. The lowest BCUT2D eigenvalue weighted by atomic mass is 9.71. The molecule has 4 heterocycles. The van der Waals surface area contributed by atoms with Gasteiger partial charge < -0.3 is 30.9 Å². The topological polar surface area (TPSA) is 119 Å². The van der Waals surface area contributed by atoms with Gasteiger partial charge in [0.1, 0.15) is 22.8 Å². The number of amides is 1. The van der Waals surface area contributed by atoms with Crippen molar-refractivity contribution in [2.24, 2.45) is 5.41 Å². The maximum absolute atomic E-state index is 12.9. The average molecular weight is 583 g/mol. The second-order valence-electron chi connectivity index (χ2n) is 12.3. The van der Waals surface area contributed by atoms with Crippen LogP contribution in [0, 0.1) is 5.41 Å². The molecule has 0 bridgehead atoms. The summed E-state index contributed by atoms with van der Waals surface area (Å²) in [6.07, 6.45) is 10.6. The predicted octanol–water partition coefficient (Wildman–Crippen LogP) is 4.96. The molecule has 2 saturated heterocycles. The Morgan fingerprint density at radius 3 is 2.37 bits per heavy atom. The second-order valence-corrected chi connectivity index (χ2v) is 12.3. The zero-order chi connectivity index (χ0) is 29.9. The fourth-order valence-electron chi connectivity index (χ4n) is 6.33. The van der Waals surface area contributed by atoms with E-state index in [1.54, 1.807) is 12.1 Å². The summed E-state index contributed by atoms with van der Waals surface area (Å²) in [6, 6.07) is 13.8. The Kier molecular flexibility index (Phi) is 8.32. The quantitative estimate of drug-likeness (QED) is 0.260. The third-order valence-corrected chi connectivity index (χ3v) is 9.45. The molecule has 0 unspecified atom stereocenters. The van der Waals surface area contributed by atoms with Crippen LogP contribution in [0.4, 0.5) is 29.0 Å². The van der Waals surface area contributed by atoms with Crippen molar-refractivity contribution in [3.05, 3.63) is 72.6 Å². The van der Waals surface area contributed by atoms with E-state index in [-0.39, 0.29) is 11.5 Å². The standard InChI is InChI=1S/C33H42N8O2/c1-3-18-34-30(42)26-23-35-31(39-29(26)38-28-7-4-6-27(37-28)33(43)12-5-13-33)36-24-8-10-25(11-9-24)41-21-16-32(17-22-41)14-19-40(2)20-15-32/h3-4,6-11,23,43H,1,5,12-22H2,2H3,(H,34,42)(H2,35,36,37,38,39). The van der Waals surface area contributed by atoms with Gasteiger partial charge in [0.25, 0.3) is 5.91 Å². The van der Waals surface area contributed by atoms with E-state index in [9.17, 15) is 9.90 Å². The number of pyridine rings is 1. The highest BCUT2D eigenvalue weighted by molar-refractivity contribution is 5.99. The third kappa shape index (κ3) is 6.50. The zero-order valence-corrected chi connectivity index (χ0v) is 25.0. The van der Waals surface area contributed by atoms with E-state index >= 15 is 0 Å². The number of hydrogen-bond acceptors (Lipinski definition) is 9. The highest BCUT2D eigenvalue weighted by Crippen LogP contribution is 2.42. The Hall–Kier alpha value is -4.02. The van der Waals surface area contributed by atoms with Crippen LogP contribution in [-0.2, 0) is 5.60 Å². The number of likely N-dealkylation sites (tertiary alicyclic amines) is 1. The summed E-state index contributed by atoms with van der Waals surface area (Å²) in [4.78, 5) is 31.5. The minimum Gasteiger partial charge on any atom is -0.384 e. The first-order valence-electron chi connectivity index (χ1n) is 15.4. The Morgan fingerprint density at radius 2 is 1.70 bits per heavy atom. The van der Waals surface area contributed by atoms with Crippen molar-refractivity contribution >= 4 is 34.9 Å². The monoisotopic (exact) mass is 582 g/mol. The van der Waals surface area contributed by atoms with Crippen LogP contribution < -0.4 is 20.9 Å². The van der Waals surface area contributed by atoms with Crippen molar-refractivity contribution in [1.29, 1.82) is 0 Å². The number of hydrogen-bond donors (Lipinski definition) is 4. The molecule has 6 rings (SSSR count). The maximum Gasteiger partial charge on any atom is 0.256 e. The van der Waals surface area contributed by atoms with E-state index in [4.69, 9.17) is 0 Å². The van der Waals surface area contributed by atoms with Gasteiger partial charge in [-0.1, -0.05) is 12.1 Å². The van der Waals surface area contributed by atoms with Gasteiger partial charge in [0.05, 0.1) is 5.69 Å². The summed E-state index contributed by atoms with van der Waals surface area (Å²) in [5, 5.41) is 20.0. The molecule has 2 aromatic heterocycles. The Balaban J connectivity index is 1.15. The van der Waals surface area contributed by atoms with Crippen LogP contribution in [0.2, 0.25) is 0 Å². The smallest absolute Gasteiger partial charge is 0.256 e. The molecule has 0 atom stereocenters. The number of piperidine rings is 2. The van der Waals surface area contributed by atoms with Crippen LogP contribution >= 0.6 is 0 Å². The highest BCUT2D eigenvalue weighted by atomic mass is 16.3. The van der Waals surface area contributed by atoms with Crippen LogP contribution in [0.3, 0.4) is 0 Å². The molecule has 1 amide bonds. The number of aromatic nitrogens is 3. The molecule has 10 heteroatoms. The summed E-state index contributed by atoms with van der Waals surface area (Å²) < 4.78 is 0. The lowest BCUT2D eigenvalue weighted by Gasteiger charge is -2.46. The van der Waals surface area contributed by atoms with Crippen LogP contribution in [0.1, 0.15) is 61.0 Å². The summed E-state index contributed by atoms with van der Waals surface area (Å²) in [6.45, 7) is 8.61. The minimum atomic E-state index is -0.894. The van der Waals surface area contributed by atoms with Crippen molar-refractivity contribution in [2.45, 2.75) is 50.5 Å². The van der Waals surface area contributed by atoms with Gasteiger partial charge in [-0.2, -0.15) is 4.98 Å². The Labute approximate surface area is 253 Å². The molecule has 3 fully saturated rings. The molecule has 1 aromatic carbocycles. The predicted molar refractivity (Wildman–Crippen MR) is 170 cm³/mol. The van der Waals surface area contributed by atoms with Gasteiger partial charge in [-0.15, -0.1) is 6.58 Å². The summed E-state index contributed by atoms with van der Waals surface area (Å²) in [5.74, 6) is 0.840. The first kappa shape index (κ1) is 29.1. The molecular weight excluding hydrogens is 540 g/mol. The Bertz CT molecular complexity index is 1440. The van der Waals surface area contributed by atoms with Gasteiger partial charge in [-0.25, -0.2) is 9.97 Å². The fourth-order valence-corrected chi connectivity index (χ4v) is 6.33. The minimum absolute atomic E-state index is 0.282. The van der Waals surface area contributed by atoms with Crippen LogP contribution in [0.25, 0.3) is 0 Å². The van der Waals surface area contributed by atoms with E-state index in [1.807, 2.05) is 24.3 Å². The molecule has 1 aliphatic carbocycles. The molecule has 10 nitrogen and oxygen atoms in total. The average Bonchev–Trinajstić information content (AvgIpc) is 3.01. The number of benzene rings is 1. The molecule has 2 aliphatic heterocycles. The third-order valence-electron chi connectivity index (χ3n) is 9.45. The van der Waals surface area contributed by atoms with E-state index in [2.05, 4.69) is 66.5 Å². The van der Waals surface area contributed by atoms with E-state index < -0.39 is 5.60 Å². The largest absolute Gasteiger partial charge is 0.384 e. The number of aliphatic hydroxyl groups is 1. The number of carbonyl (C=O) groups excluding carboxylic acids is 1. The second kappa shape index (κ2) is 12.3.